The molecule has 108 valence electrons. The molecule has 1 N–H and O–H groups in total. The third-order valence-corrected chi connectivity index (χ3v) is 3.97. The van der Waals surface area contributed by atoms with E-state index < -0.39 is 5.97 Å². The van der Waals surface area contributed by atoms with Gasteiger partial charge < -0.3 is 10.0 Å². The second-order valence-corrected chi connectivity index (χ2v) is 5.53. The van der Waals surface area contributed by atoms with Gasteiger partial charge in [0.25, 0.3) is 5.91 Å². The number of aryl methyl sites for hydroxylation is 1. The van der Waals surface area contributed by atoms with E-state index in [0.29, 0.717) is 5.92 Å². The van der Waals surface area contributed by atoms with Crippen LogP contribution in [0.15, 0.2) is 24.3 Å². The topological polar surface area (TPSA) is 57.6 Å². The van der Waals surface area contributed by atoms with Crippen molar-refractivity contribution in [2.45, 2.75) is 32.6 Å². The first-order chi connectivity index (χ1) is 9.56. The lowest BCUT2D eigenvalue weighted by Crippen LogP contribution is -2.38. The Bertz CT molecular complexity index is 473. The molecule has 0 unspecified atom stereocenters. The largest absolute Gasteiger partial charge is 0.481 e. The quantitative estimate of drug-likeness (QED) is 0.919. The Labute approximate surface area is 119 Å². The molecule has 0 atom stereocenters. The Morgan fingerprint density at radius 1 is 1.20 bits per heavy atom. The minimum Gasteiger partial charge on any atom is -0.481 e. The second-order valence-electron chi connectivity index (χ2n) is 5.53. The van der Waals surface area contributed by atoms with Crippen molar-refractivity contribution in [3.8, 4) is 0 Å². The molecular weight excluding hydrogens is 254 g/mol. The maximum absolute atomic E-state index is 12.3. The number of amides is 1. The van der Waals surface area contributed by atoms with E-state index >= 15 is 0 Å². The molecule has 1 aromatic carbocycles. The van der Waals surface area contributed by atoms with E-state index in [1.54, 1.807) is 0 Å². The number of benzene rings is 1. The van der Waals surface area contributed by atoms with Gasteiger partial charge in [0.1, 0.15) is 0 Å². The molecule has 2 rings (SSSR count). The summed E-state index contributed by atoms with van der Waals surface area (Å²) in [5, 5.41) is 8.69. The summed E-state index contributed by atoms with van der Waals surface area (Å²) < 4.78 is 0. The lowest BCUT2D eigenvalue weighted by molar-refractivity contribution is -0.137. The molecule has 0 aliphatic carbocycles. The number of piperidine rings is 1. The van der Waals surface area contributed by atoms with E-state index in [9.17, 15) is 9.59 Å². The van der Waals surface area contributed by atoms with Crippen molar-refractivity contribution < 1.29 is 14.7 Å². The molecule has 20 heavy (non-hydrogen) atoms. The summed E-state index contributed by atoms with van der Waals surface area (Å²) in [5.41, 5.74) is 1.88. The number of hydrogen-bond acceptors (Lipinski definition) is 2. The van der Waals surface area contributed by atoms with Crippen LogP contribution in [0.2, 0.25) is 0 Å². The smallest absolute Gasteiger partial charge is 0.303 e. The molecule has 1 fully saturated rings. The highest BCUT2D eigenvalue weighted by Crippen LogP contribution is 2.23. The highest BCUT2D eigenvalue weighted by molar-refractivity contribution is 5.94. The molecule has 0 spiro atoms. The zero-order valence-corrected chi connectivity index (χ0v) is 11.8. The fourth-order valence-corrected chi connectivity index (χ4v) is 2.63. The lowest BCUT2D eigenvalue weighted by Gasteiger charge is -2.32. The molecular formula is C16H21NO3. The van der Waals surface area contributed by atoms with E-state index in [4.69, 9.17) is 5.11 Å². The van der Waals surface area contributed by atoms with Gasteiger partial charge >= 0.3 is 5.97 Å². The lowest BCUT2D eigenvalue weighted by atomic mass is 9.92. The van der Waals surface area contributed by atoms with Gasteiger partial charge in [-0.05, 0) is 44.2 Å². The summed E-state index contributed by atoms with van der Waals surface area (Å²) in [7, 11) is 0. The number of carbonyl (C=O) groups is 2. The number of aliphatic carboxylic acids is 1. The highest BCUT2D eigenvalue weighted by Gasteiger charge is 2.23. The molecule has 4 heteroatoms. The van der Waals surface area contributed by atoms with E-state index in [2.05, 4.69) is 0 Å². The van der Waals surface area contributed by atoms with Crippen LogP contribution >= 0.6 is 0 Å². The first kappa shape index (κ1) is 14.6. The van der Waals surface area contributed by atoms with Crippen molar-refractivity contribution in [1.29, 1.82) is 0 Å². The third-order valence-electron chi connectivity index (χ3n) is 3.97. The second kappa shape index (κ2) is 6.55. The Morgan fingerprint density at radius 2 is 1.80 bits per heavy atom. The SMILES string of the molecule is Cc1ccc(C(=O)N2CCC(CCC(=O)O)CC2)cc1. The van der Waals surface area contributed by atoms with Crippen LogP contribution in [-0.2, 0) is 4.79 Å². The molecule has 1 heterocycles. The molecule has 0 radical (unpaired) electrons. The fraction of sp³-hybridized carbons (Fsp3) is 0.500. The zero-order valence-electron chi connectivity index (χ0n) is 11.8. The van der Waals surface area contributed by atoms with Crippen LogP contribution in [0.5, 0.6) is 0 Å². The molecule has 1 saturated heterocycles. The highest BCUT2D eigenvalue weighted by atomic mass is 16.4. The molecule has 1 aliphatic rings. The van der Waals surface area contributed by atoms with Crippen molar-refractivity contribution >= 4 is 11.9 Å². The van der Waals surface area contributed by atoms with Crippen LogP contribution in [-0.4, -0.2) is 35.0 Å². The summed E-state index contributed by atoms with van der Waals surface area (Å²) in [6.07, 6.45) is 2.77. The average Bonchev–Trinajstić information content (AvgIpc) is 2.46. The first-order valence-corrected chi connectivity index (χ1v) is 7.14. The van der Waals surface area contributed by atoms with Gasteiger partial charge in [0.05, 0.1) is 0 Å². The molecule has 1 aromatic rings. The van der Waals surface area contributed by atoms with Crippen LogP contribution < -0.4 is 0 Å². The maximum atomic E-state index is 12.3. The van der Waals surface area contributed by atoms with Crippen LogP contribution in [0.1, 0.15) is 41.6 Å². The van der Waals surface area contributed by atoms with Crippen LogP contribution in [0.25, 0.3) is 0 Å². The number of carbonyl (C=O) groups excluding carboxylic acids is 1. The minimum absolute atomic E-state index is 0.0849. The van der Waals surface area contributed by atoms with Crippen molar-refractivity contribution in [3.63, 3.8) is 0 Å². The molecule has 1 amide bonds. The maximum Gasteiger partial charge on any atom is 0.303 e. The van der Waals surface area contributed by atoms with Gasteiger partial charge in [0.15, 0.2) is 0 Å². The first-order valence-electron chi connectivity index (χ1n) is 7.14. The third kappa shape index (κ3) is 3.83. The normalized spacial score (nSPS) is 16.1. The van der Waals surface area contributed by atoms with Gasteiger partial charge in [-0.2, -0.15) is 0 Å². The monoisotopic (exact) mass is 275 g/mol. The fourth-order valence-electron chi connectivity index (χ4n) is 2.63. The predicted molar refractivity (Wildman–Crippen MR) is 76.7 cm³/mol. The Morgan fingerprint density at radius 3 is 2.35 bits per heavy atom. The van der Waals surface area contributed by atoms with E-state index in [1.807, 2.05) is 36.1 Å². The summed E-state index contributed by atoms with van der Waals surface area (Å²) in [6, 6.07) is 7.64. The Balaban J connectivity index is 1.85. The van der Waals surface area contributed by atoms with Gasteiger partial charge in [-0.3, -0.25) is 9.59 Å². The number of rotatable bonds is 4. The number of carboxylic acids is 1. The van der Waals surface area contributed by atoms with Gasteiger partial charge in [0.2, 0.25) is 0 Å². The van der Waals surface area contributed by atoms with Crippen LogP contribution in [0.4, 0.5) is 0 Å². The summed E-state index contributed by atoms with van der Waals surface area (Å²) in [5.74, 6) is -0.210. The van der Waals surface area contributed by atoms with Gasteiger partial charge in [0, 0.05) is 25.1 Å². The van der Waals surface area contributed by atoms with Crippen molar-refractivity contribution in [3.05, 3.63) is 35.4 Å². The van der Waals surface area contributed by atoms with Crippen molar-refractivity contribution in [2.24, 2.45) is 5.92 Å². The van der Waals surface area contributed by atoms with Gasteiger partial charge in [-0.1, -0.05) is 17.7 Å². The summed E-state index contributed by atoms with van der Waals surface area (Å²) in [6.45, 7) is 3.47. The predicted octanol–water partition coefficient (Wildman–Crippen LogP) is 2.71. The molecule has 0 saturated carbocycles. The van der Waals surface area contributed by atoms with Crippen molar-refractivity contribution in [1.82, 2.24) is 4.90 Å². The van der Waals surface area contributed by atoms with Gasteiger partial charge in [-0.25, -0.2) is 0 Å². The number of likely N-dealkylation sites (tertiary alicyclic amines) is 1. The van der Waals surface area contributed by atoms with Gasteiger partial charge in [-0.15, -0.1) is 0 Å². The number of carboxylic acid groups (broad SMARTS) is 1. The Hall–Kier alpha value is -1.84. The number of nitrogens with zero attached hydrogens (tertiary/aromatic N) is 1. The van der Waals surface area contributed by atoms with Crippen molar-refractivity contribution in [2.75, 3.05) is 13.1 Å². The average molecular weight is 275 g/mol. The molecule has 1 aliphatic heterocycles. The molecule has 0 aromatic heterocycles. The van der Waals surface area contributed by atoms with Crippen LogP contribution in [0.3, 0.4) is 0 Å². The summed E-state index contributed by atoms with van der Waals surface area (Å²) in [4.78, 5) is 24.8. The standard InChI is InChI=1S/C16H21NO3/c1-12-2-5-14(6-3-12)16(20)17-10-8-13(9-11-17)4-7-15(18)19/h2-3,5-6,13H,4,7-11H2,1H3,(H,18,19). The van der Waals surface area contributed by atoms with E-state index in [-0.39, 0.29) is 12.3 Å². The van der Waals surface area contributed by atoms with Crippen LogP contribution in [0, 0.1) is 12.8 Å². The molecule has 4 nitrogen and oxygen atoms in total. The Kier molecular flexibility index (Phi) is 4.77. The summed E-state index contributed by atoms with van der Waals surface area (Å²) >= 11 is 0. The minimum atomic E-state index is -0.733. The number of hydrogen-bond donors (Lipinski definition) is 1. The zero-order chi connectivity index (χ0) is 14.5. The van der Waals surface area contributed by atoms with E-state index in [1.165, 1.54) is 0 Å². The molecule has 0 bridgehead atoms. The van der Waals surface area contributed by atoms with E-state index in [0.717, 1.165) is 43.5 Å².